The highest BCUT2D eigenvalue weighted by Crippen LogP contribution is 2.26. The Kier molecular flexibility index (Phi) is 4.55. The summed E-state index contributed by atoms with van der Waals surface area (Å²) in [7, 11) is 0. The molecule has 0 spiro atoms. The van der Waals surface area contributed by atoms with Gasteiger partial charge in [-0.25, -0.2) is 0 Å². The molecule has 0 unspecified atom stereocenters. The maximum Gasteiger partial charge on any atom is 0.323 e. The number of aromatic hydroxyl groups is 2. The van der Waals surface area contributed by atoms with Crippen molar-refractivity contribution >= 4 is 23.3 Å². The van der Waals surface area contributed by atoms with E-state index in [0.717, 1.165) is 0 Å². The van der Waals surface area contributed by atoms with E-state index in [1.165, 1.54) is 12.1 Å². The van der Waals surface area contributed by atoms with Crippen LogP contribution < -0.4 is 4.90 Å². The Labute approximate surface area is 126 Å². The lowest BCUT2D eigenvalue weighted by atomic mass is 10.1. The van der Waals surface area contributed by atoms with Gasteiger partial charge in [0.25, 0.3) is 0 Å². The SMILES string of the molecule is O=C(O)CN(Cc1ccc(O)cc1O)c1ccc(Cl)cc1. The summed E-state index contributed by atoms with van der Waals surface area (Å²) < 4.78 is 0. The number of halogens is 1. The number of phenols is 2. The molecule has 0 aromatic heterocycles. The Morgan fingerprint density at radius 1 is 1.10 bits per heavy atom. The summed E-state index contributed by atoms with van der Waals surface area (Å²) in [6.07, 6.45) is 0. The van der Waals surface area contributed by atoms with Crippen LogP contribution in [0.5, 0.6) is 11.5 Å². The third kappa shape index (κ3) is 4.03. The van der Waals surface area contributed by atoms with E-state index < -0.39 is 5.97 Å². The zero-order chi connectivity index (χ0) is 15.4. The second-order valence-corrected chi connectivity index (χ2v) is 4.98. The fourth-order valence-corrected chi connectivity index (χ4v) is 2.07. The fourth-order valence-electron chi connectivity index (χ4n) is 1.95. The van der Waals surface area contributed by atoms with E-state index >= 15 is 0 Å². The molecule has 0 atom stereocenters. The normalized spacial score (nSPS) is 10.3. The van der Waals surface area contributed by atoms with Gasteiger partial charge in [-0.1, -0.05) is 11.6 Å². The molecule has 21 heavy (non-hydrogen) atoms. The molecule has 0 aliphatic rings. The highest BCUT2D eigenvalue weighted by molar-refractivity contribution is 6.30. The van der Waals surface area contributed by atoms with Crippen LogP contribution >= 0.6 is 11.6 Å². The highest BCUT2D eigenvalue weighted by atomic mass is 35.5. The smallest absolute Gasteiger partial charge is 0.323 e. The Morgan fingerprint density at radius 3 is 2.33 bits per heavy atom. The van der Waals surface area contributed by atoms with Crippen molar-refractivity contribution in [3.8, 4) is 11.5 Å². The standard InChI is InChI=1S/C15H14ClNO4/c16-11-2-4-12(5-3-11)17(9-15(20)21)8-10-1-6-13(18)7-14(10)19/h1-7,18-19H,8-9H2,(H,20,21). The van der Waals surface area contributed by atoms with E-state index in [0.29, 0.717) is 16.3 Å². The molecule has 2 aromatic carbocycles. The van der Waals surface area contributed by atoms with Gasteiger partial charge in [0.2, 0.25) is 0 Å². The number of carboxylic acid groups (broad SMARTS) is 1. The van der Waals surface area contributed by atoms with Crippen molar-refractivity contribution in [2.45, 2.75) is 6.54 Å². The predicted octanol–water partition coefficient (Wildman–Crippen LogP) is 2.84. The van der Waals surface area contributed by atoms with E-state index in [2.05, 4.69) is 0 Å². The predicted molar refractivity (Wildman–Crippen MR) is 79.9 cm³/mol. The molecule has 0 saturated heterocycles. The lowest BCUT2D eigenvalue weighted by Gasteiger charge is -2.23. The van der Waals surface area contributed by atoms with Gasteiger partial charge in [0.15, 0.2) is 0 Å². The number of hydrogen-bond donors (Lipinski definition) is 3. The summed E-state index contributed by atoms with van der Waals surface area (Å²) in [6.45, 7) is -0.0258. The lowest BCUT2D eigenvalue weighted by Crippen LogP contribution is -2.29. The van der Waals surface area contributed by atoms with Crippen molar-refractivity contribution in [1.29, 1.82) is 0 Å². The summed E-state index contributed by atoms with van der Waals surface area (Å²) in [6, 6.07) is 11.0. The van der Waals surface area contributed by atoms with Crippen molar-refractivity contribution in [2.24, 2.45) is 0 Å². The van der Waals surface area contributed by atoms with Crippen molar-refractivity contribution in [2.75, 3.05) is 11.4 Å². The molecule has 2 aromatic rings. The minimum absolute atomic E-state index is 0.0486. The molecule has 0 aliphatic carbocycles. The number of rotatable bonds is 5. The zero-order valence-corrected chi connectivity index (χ0v) is 11.8. The third-order valence-corrected chi connectivity index (χ3v) is 3.20. The van der Waals surface area contributed by atoms with E-state index in [-0.39, 0.29) is 24.6 Å². The van der Waals surface area contributed by atoms with Gasteiger partial charge in [0.05, 0.1) is 0 Å². The summed E-state index contributed by atoms with van der Waals surface area (Å²) in [5, 5.41) is 28.7. The highest BCUT2D eigenvalue weighted by Gasteiger charge is 2.14. The number of hydrogen-bond acceptors (Lipinski definition) is 4. The lowest BCUT2D eigenvalue weighted by molar-refractivity contribution is -0.135. The summed E-state index contributed by atoms with van der Waals surface area (Å²) in [5.41, 5.74) is 1.19. The van der Waals surface area contributed by atoms with Crippen molar-refractivity contribution in [3.63, 3.8) is 0 Å². The van der Waals surface area contributed by atoms with Crippen LogP contribution in [0.1, 0.15) is 5.56 Å². The molecule has 0 amide bonds. The van der Waals surface area contributed by atoms with Gasteiger partial charge in [-0.05, 0) is 36.4 Å². The first-order valence-electron chi connectivity index (χ1n) is 6.19. The zero-order valence-electron chi connectivity index (χ0n) is 11.0. The number of nitrogens with zero attached hydrogens (tertiary/aromatic N) is 1. The van der Waals surface area contributed by atoms with Crippen molar-refractivity contribution in [3.05, 3.63) is 53.1 Å². The Hall–Kier alpha value is -2.40. The minimum atomic E-state index is -0.983. The summed E-state index contributed by atoms with van der Waals surface area (Å²) >= 11 is 5.82. The first-order valence-corrected chi connectivity index (χ1v) is 6.56. The van der Waals surface area contributed by atoms with E-state index in [4.69, 9.17) is 16.7 Å². The second-order valence-electron chi connectivity index (χ2n) is 4.54. The molecule has 0 radical (unpaired) electrons. The van der Waals surface area contributed by atoms with Crippen LogP contribution in [0.3, 0.4) is 0 Å². The van der Waals surface area contributed by atoms with Gasteiger partial charge in [0, 0.05) is 28.9 Å². The molecule has 110 valence electrons. The largest absolute Gasteiger partial charge is 0.508 e. The number of benzene rings is 2. The Morgan fingerprint density at radius 2 is 1.76 bits per heavy atom. The fraction of sp³-hybridized carbons (Fsp3) is 0.133. The molecular formula is C15H14ClNO4. The van der Waals surface area contributed by atoms with Crippen LogP contribution in [-0.2, 0) is 11.3 Å². The molecule has 2 rings (SSSR count). The number of carbonyl (C=O) groups is 1. The van der Waals surface area contributed by atoms with Crippen LogP contribution in [0.25, 0.3) is 0 Å². The van der Waals surface area contributed by atoms with E-state index in [9.17, 15) is 15.0 Å². The van der Waals surface area contributed by atoms with Gasteiger partial charge in [-0.15, -0.1) is 0 Å². The van der Waals surface area contributed by atoms with Gasteiger partial charge in [-0.2, -0.15) is 0 Å². The first kappa shape index (κ1) is 15.0. The number of carboxylic acids is 1. The number of aliphatic carboxylic acids is 1. The van der Waals surface area contributed by atoms with Gasteiger partial charge in [-0.3, -0.25) is 4.79 Å². The Balaban J connectivity index is 2.27. The van der Waals surface area contributed by atoms with Crippen molar-refractivity contribution < 1.29 is 20.1 Å². The summed E-state index contributed by atoms with van der Waals surface area (Å²) in [4.78, 5) is 12.6. The Bertz CT molecular complexity index is 643. The molecular weight excluding hydrogens is 294 g/mol. The molecule has 5 nitrogen and oxygen atoms in total. The first-order chi connectivity index (χ1) is 9.95. The van der Waals surface area contributed by atoms with Gasteiger partial charge < -0.3 is 20.2 Å². The van der Waals surface area contributed by atoms with E-state index in [1.54, 1.807) is 35.2 Å². The van der Waals surface area contributed by atoms with Crippen LogP contribution in [0.15, 0.2) is 42.5 Å². The van der Waals surface area contributed by atoms with E-state index in [1.807, 2.05) is 0 Å². The summed E-state index contributed by atoms with van der Waals surface area (Å²) in [5.74, 6) is -1.12. The molecule has 0 aliphatic heterocycles. The number of anilines is 1. The molecule has 6 heteroatoms. The average molecular weight is 308 g/mol. The van der Waals surface area contributed by atoms with Crippen LogP contribution in [0, 0.1) is 0 Å². The molecule has 0 saturated carbocycles. The maximum absolute atomic E-state index is 11.0. The quantitative estimate of drug-likeness (QED) is 0.791. The number of phenolic OH excluding ortho intramolecular Hbond substituents is 2. The van der Waals surface area contributed by atoms with Crippen LogP contribution in [0.4, 0.5) is 5.69 Å². The monoisotopic (exact) mass is 307 g/mol. The van der Waals surface area contributed by atoms with Gasteiger partial charge >= 0.3 is 5.97 Å². The van der Waals surface area contributed by atoms with Crippen LogP contribution in [-0.4, -0.2) is 27.8 Å². The maximum atomic E-state index is 11.0. The second kappa shape index (κ2) is 6.37. The van der Waals surface area contributed by atoms with Gasteiger partial charge in [0.1, 0.15) is 18.0 Å². The third-order valence-electron chi connectivity index (χ3n) is 2.95. The molecule has 0 bridgehead atoms. The van der Waals surface area contributed by atoms with Crippen LogP contribution in [0.2, 0.25) is 5.02 Å². The minimum Gasteiger partial charge on any atom is -0.508 e. The average Bonchev–Trinajstić information content (AvgIpc) is 2.41. The topological polar surface area (TPSA) is 81.0 Å². The molecule has 0 heterocycles. The molecule has 3 N–H and O–H groups in total. The molecule has 0 fully saturated rings. The van der Waals surface area contributed by atoms with Crippen molar-refractivity contribution in [1.82, 2.24) is 0 Å².